The number of unbranched alkanes of at least 4 members (excludes halogenated alkanes) is 5. The summed E-state index contributed by atoms with van der Waals surface area (Å²) in [4.78, 5) is 4.00. The monoisotopic (exact) mass is 272 g/mol. The molecule has 0 saturated heterocycles. The van der Waals surface area contributed by atoms with Gasteiger partial charge in [-0.1, -0.05) is 51.2 Å². The summed E-state index contributed by atoms with van der Waals surface area (Å²) in [6.45, 7) is 3.26. The molecular formula is C16H24N4. The van der Waals surface area contributed by atoms with Gasteiger partial charge in [0.25, 0.3) is 0 Å². The first-order valence-electron chi connectivity index (χ1n) is 7.59. The number of para-hydroxylation sites is 2. The number of nitrogens with one attached hydrogen (secondary N) is 1. The fraction of sp³-hybridized carbons (Fsp3) is 0.500. The molecule has 0 radical (unpaired) electrons. The lowest BCUT2D eigenvalue weighted by molar-refractivity contribution is 0.617. The van der Waals surface area contributed by atoms with Crippen LogP contribution in [0.2, 0.25) is 0 Å². The van der Waals surface area contributed by atoms with Crippen LogP contribution in [0.1, 0.15) is 45.4 Å². The number of benzene rings is 1. The number of hydrogen-bond acceptors (Lipinski definition) is 3. The third-order valence-electron chi connectivity index (χ3n) is 3.42. The Morgan fingerprint density at radius 2 is 1.85 bits per heavy atom. The highest BCUT2D eigenvalue weighted by Crippen LogP contribution is 2.18. The standard InChI is InChI=1S/C16H24N4/c1-2-3-4-5-6-9-12-18-15-10-7-8-11-16(15)20-14-17-13-19-20/h7-8,10-11,13-14,18H,2-6,9,12H2,1H3. The molecule has 0 unspecified atom stereocenters. The van der Waals surface area contributed by atoms with Crippen molar-refractivity contribution in [3.63, 3.8) is 0 Å². The number of aromatic nitrogens is 3. The van der Waals surface area contributed by atoms with Gasteiger partial charge in [0.15, 0.2) is 0 Å². The van der Waals surface area contributed by atoms with Gasteiger partial charge < -0.3 is 5.32 Å². The van der Waals surface area contributed by atoms with Gasteiger partial charge in [0.05, 0.1) is 11.4 Å². The van der Waals surface area contributed by atoms with E-state index in [1.54, 1.807) is 17.3 Å². The second-order valence-electron chi connectivity index (χ2n) is 5.05. The van der Waals surface area contributed by atoms with Crippen LogP contribution in [0.5, 0.6) is 0 Å². The molecule has 2 rings (SSSR count). The van der Waals surface area contributed by atoms with E-state index in [-0.39, 0.29) is 0 Å². The van der Waals surface area contributed by atoms with Crippen LogP contribution < -0.4 is 5.32 Å². The van der Waals surface area contributed by atoms with Crippen LogP contribution in [0.3, 0.4) is 0 Å². The van der Waals surface area contributed by atoms with Crippen molar-refractivity contribution in [3.8, 4) is 5.69 Å². The van der Waals surface area contributed by atoms with E-state index in [1.165, 1.54) is 38.5 Å². The zero-order valence-electron chi connectivity index (χ0n) is 12.3. The lowest BCUT2D eigenvalue weighted by Crippen LogP contribution is -2.06. The average Bonchev–Trinajstić information content (AvgIpc) is 3.01. The van der Waals surface area contributed by atoms with E-state index in [2.05, 4.69) is 34.5 Å². The minimum absolute atomic E-state index is 1.01. The third kappa shape index (κ3) is 4.37. The van der Waals surface area contributed by atoms with Crippen molar-refractivity contribution in [2.45, 2.75) is 45.4 Å². The molecule has 4 nitrogen and oxygen atoms in total. The van der Waals surface area contributed by atoms with Crippen molar-refractivity contribution in [1.82, 2.24) is 14.8 Å². The predicted octanol–water partition coefficient (Wildman–Crippen LogP) is 4.04. The van der Waals surface area contributed by atoms with Crippen molar-refractivity contribution in [2.24, 2.45) is 0 Å². The first-order chi connectivity index (χ1) is 9.92. The zero-order valence-corrected chi connectivity index (χ0v) is 12.3. The summed E-state index contributed by atoms with van der Waals surface area (Å²) in [7, 11) is 0. The Bertz CT molecular complexity index is 479. The Labute approximate surface area is 121 Å². The second-order valence-corrected chi connectivity index (χ2v) is 5.05. The van der Waals surface area contributed by atoms with Crippen molar-refractivity contribution < 1.29 is 0 Å². The molecule has 0 amide bonds. The molecule has 1 aromatic carbocycles. The van der Waals surface area contributed by atoms with Crippen LogP contribution in [0, 0.1) is 0 Å². The van der Waals surface area contributed by atoms with Gasteiger partial charge in [-0.05, 0) is 18.6 Å². The molecule has 0 aliphatic carbocycles. The number of anilines is 1. The predicted molar refractivity (Wildman–Crippen MR) is 83.2 cm³/mol. The summed E-state index contributed by atoms with van der Waals surface area (Å²) in [5.74, 6) is 0. The molecule has 0 aliphatic rings. The molecule has 0 atom stereocenters. The molecule has 1 heterocycles. The van der Waals surface area contributed by atoms with Crippen molar-refractivity contribution in [3.05, 3.63) is 36.9 Å². The molecule has 0 bridgehead atoms. The summed E-state index contributed by atoms with van der Waals surface area (Å²) in [5.41, 5.74) is 2.17. The van der Waals surface area contributed by atoms with Gasteiger partial charge >= 0.3 is 0 Å². The Kier molecular flexibility index (Phi) is 6.08. The quantitative estimate of drug-likeness (QED) is 0.701. The van der Waals surface area contributed by atoms with Crippen LogP contribution in [0.4, 0.5) is 5.69 Å². The smallest absolute Gasteiger partial charge is 0.138 e. The number of nitrogens with zero attached hydrogens (tertiary/aromatic N) is 3. The maximum atomic E-state index is 4.19. The Hall–Kier alpha value is -1.84. The van der Waals surface area contributed by atoms with E-state index in [4.69, 9.17) is 0 Å². The van der Waals surface area contributed by atoms with Gasteiger partial charge in [0.2, 0.25) is 0 Å². The van der Waals surface area contributed by atoms with Crippen molar-refractivity contribution in [1.29, 1.82) is 0 Å². The zero-order chi connectivity index (χ0) is 14.0. The van der Waals surface area contributed by atoms with Crippen LogP contribution in [0.15, 0.2) is 36.9 Å². The third-order valence-corrected chi connectivity index (χ3v) is 3.42. The molecule has 4 heteroatoms. The molecule has 20 heavy (non-hydrogen) atoms. The van der Waals surface area contributed by atoms with E-state index in [0.29, 0.717) is 0 Å². The summed E-state index contributed by atoms with van der Waals surface area (Å²) >= 11 is 0. The Morgan fingerprint density at radius 3 is 2.65 bits per heavy atom. The highest BCUT2D eigenvalue weighted by molar-refractivity contribution is 5.60. The molecule has 0 fully saturated rings. The van der Waals surface area contributed by atoms with E-state index >= 15 is 0 Å². The summed E-state index contributed by atoms with van der Waals surface area (Å²) in [6.07, 6.45) is 11.2. The van der Waals surface area contributed by atoms with Gasteiger partial charge in [0, 0.05) is 6.54 Å². The molecule has 0 saturated carbocycles. The maximum Gasteiger partial charge on any atom is 0.138 e. The van der Waals surface area contributed by atoms with Gasteiger partial charge in [-0.25, -0.2) is 9.67 Å². The second kappa shape index (κ2) is 8.35. The first-order valence-corrected chi connectivity index (χ1v) is 7.59. The topological polar surface area (TPSA) is 42.7 Å². The molecule has 0 spiro atoms. The largest absolute Gasteiger partial charge is 0.383 e. The minimum Gasteiger partial charge on any atom is -0.383 e. The van der Waals surface area contributed by atoms with Crippen molar-refractivity contribution in [2.75, 3.05) is 11.9 Å². The van der Waals surface area contributed by atoms with E-state index in [9.17, 15) is 0 Å². The molecular weight excluding hydrogens is 248 g/mol. The van der Waals surface area contributed by atoms with Crippen molar-refractivity contribution >= 4 is 5.69 Å². The molecule has 108 valence electrons. The van der Waals surface area contributed by atoms with Gasteiger partial charge in [-0.3, -0.25) is 0 Å². The first kappa shape index (κ1) is 14.6. The summed E-state index contributed by atoms with van der Waals surface area (Å²) in [6, 6.07) is 8.21. The normalized spacial score (nSPS) is 10.7. The Balaban J connectivity index is 1.79. The van der Waals surface area contributed by atoms with Gasteiger partial charge in [-0.2, -0.15) is 5.10 Å². The lowest BCUT2D eigenvalue weighted by atomic mass is 10.1. The van der Waals surface area contributed by atoms with Gasteiger partial charge in [-0.15, -0.1) is 0 Å². The highest BCUT2D eigenvalue weighted by Gasteiger charge is 2.03. The Morgan fingerprint density at radius 1 is 1.05 bits per heavy atom. The summed E-state index contributed by atoms with van der Waals surface area (Å²) in [5, 5.41) is 7.69. The molecule has 2 aromatic rings. The van der Waals surface area contributed by atoms with Crippen LogP contribution in [0.25, 0.3) is 5.69 Å². The highest BCUT2D eigenvalue weighted by atomic mass is 15.3. The summed E-state index contributed by atoms with van der Waals surface area (Å²) < 4.78 is 1.80. The molecule has 0 aliphatic heterocycles. The van der Waals surface area contributed by atoms with E-state index in [0.717, 1.165) is 17.9 Å². The fourth-order valence-electron chi connectivity index (χ4n) is 2.28. The molecule has 1 aromatic heterocycles. The fourth-order valence-corrected chi connectivity index (χ4v) is 2.28. The van der Waals surface area contributed by atoms with E-state index < -0.39 is 0 Å². The van der Waals surface area contributed by atoms with Crippen LogP contribution >= 0.6 is 0 Å². The molecule has 1 N–H and O–H groups in total. The maximum absolute atomic E-state index is 4.19. The number of rotatable bonds is 9. The average molecular weight is 272 g/mol. The van der Waals surface area contributed by atoms with Crippen LogP contribution in [-0.4, -0.2) is 21.3 Å². The SMILES string of the molecule is CCCCCCCCNc1ccccc1-n1cncn1. The lowest BCUT2D eigenvalue weighted by Gasteiger charge is -2.11. The minimum atomic E-state index is 1.01. The number of hydrogen-bond donors (Lipinski definition) is 1. The van der Waals surface area contributed by atoms with Crippen LogP contribution in [-0.2, 0) is 0 Å². The van der Waals surface area contributed by atoms with Gasteiger partial charge in [0.1, 0.15) is 12.7 Å². The van der Waals surface area contributed by atoms with E-state index in [1.807, 2.05) is 12.1 Å².